The van der Waals surface area contributed by atoms with Crippen LogP contribution in [0.4, 0.5) is 5.69 Å². The summed E-state index contributed by atoms with van der Waals surface area (Å²) in [5, 5.41) is 12.7. The number of carbonyl (C=O) groups is 1. The average molecular weight is 373 g/mol. The molecule has 0 aliphatic rings. The Hall–Kier alpha value is -1.82. The van der Waals surface area contributed by atoms with Crippen LogP contribution >= 0.6 is 34.8 Å². The summed E-state index contributed by atoms with van der Waals surface area (Å²) in [6.45, 7) is 2.07. The third-order valence-electron chi connectivity index (χ3n) is 3.02. The molecule has 0 fully saturated rings. The zero-order chi connectivity index (χ0) is 17.0. The summed E-state index contributed by atoms with van der Waals surface area (Å²) >= 11 is 17.8. The van der Waals surface area contributed by atoms with Crippen LogP contribution in [0.2, 0.25) is 15.2 Å². The van der Waals surface area contributed by atoms with Crippen LogP contribution in [0.5, 0.6) is 0 Å². The summed E-state index contributed by atoms with van der Waals surface area (Å²) in [6, 6.07) is 7.81. The predicted molar refractivity (Wildman–Crippen MR) is 93.3 cm³/mol. The lowest BCUT2D eigenvalue weighted by Crippen LogP contribution is -2.05. The number of carboxylic acids is 1. The zero-order valence-electron chi connectivity index (χ0n) is 12.0. The molecule has 1 heterocycles. The van der Waals surface area contributed by atoms with E-state index in [2.05, 4.69) is 22.4 Å². The van der Waals surface area contributed by atoms with Gasteiger partial charge in [-0.15, -0.1) is 0 Å². The van der Waals surface area contributed by atoms with Gasteiger partial charge in [0.05, 0.1) is 11.9 Å². The third-order valence-corrected chi connectivity index (χ3v) is 4.12. The number of hydrazone groups is 1. The first-order valence-corrected chi connectivity index (χ1v) is 7.73. The first-order valence-electron chi connectivity index (χ1n) is 6.59. The minimum absolute atomic E-state index is 0.000137. The van der Waals surface area contributed by atoms with Crippen molar-refractivity contribution in [2.24, 2.45) is 5.10 Å². The van der Waals surface area contributed by atoms with Crippen LogP contribution in [-0.4, -0.2) is 22.3 Å². The Morgan fingerprint density at radius 1 is 1.26 bits per heavy atom. The molecule has 1 aromatic heterocycles. The van der Waals surface area contributed by atoms with Crippen molar-refractivity contribution in [3.8, 4) is 0 Å². The monoisotopic (exact) mass is 371 g/mol. The molecule has 2 rings (SSSR count). The molecular formula is C15H12Cl3N3O2. The minimum atomic E-state index is -1.31. The maximum atomic E-state index is 11.1. The van der Waals surface area contributed by atoms with Crippen LogP contribution in [-0.2, 0) is 6.42 Å². The van der Waals surface area contributed by atoms with Crippen molar-refractivity contribution in [2.45, 2.75) is 13.3 Å². The number of aryl methyl sites for hydroxylation is 1. The van der Waals surface area contributed by atoms with E-state index < -0.39 is 11.7 Å². The fraction of sp³-hybridized carbons (Fsp3) is 0.133. The van der Waals surface area contributed by atoms with Gasteiger partial charge < -0.3 is 5.11 Å². The number of carboxylic acid groups (broad SMARTS) is 1. The van der Waals surface area contributed by atoms with Crippen LogP contribution in [0.25, 0.3) is 0 Å². The standard InChI is InChI=1S/C15H12Cl3N3O2/c1-2-8-3-5-9(6-4-8)7-19-21-12-10(16)13(15(22)23)20-14(18)11(12)17/h3-7H,2H2,1H3,(H,20,21)(H,22,23)/b19-7-. The highest BCUT2D eigenvalue weighted by Crippen LogP contribution is 2.36. The average Bonchev–Trinajstić information content (AvgIpc) is 2.54. The summed E-state index contributed by atoms with van der Waals surface area (Å²) < 4.78 is 0. The van der Waals surface area contributed by atoms with Gasteiger partial charge in [0.1, 0.15) is 10.0 Å². The van der Waals surface area contributed by atoms with Crippen molar-refractivity contribution in [1.82, 2.24) is 4.98 Å². The molecule has 0 spiro atoms. The largest absolute Gasteiger partial charge is 0.476 e. The fourth-order valence-electron chi connectivity index (χ4n) is 1.76. The number of rotatable bonds is 5. The Morgan fingerprint density at radius 3 is 2.48 bits per heavy atom. The summed E-state index contributed by atoms with van der Waals surface area (Å²) in [5.74, 6) is -1.31. The van der Waals surface area contributed by atoms with Crippen molar-refractivity contribution in [1.29, 1.82) is 0 Å². The second-order valence-electron chi connectivity index (χ2n) is 4.52. The number of hydrogen-bond acceptors (Lipinski definition) is 4. The Labute approximate surface area is 147 Å². The Balaban J connectivity index is 2.25. The molecule has 120 valence electrons. The van der Waals surface area contributed by atoms with Crippen LogP contribution in [0.15, 0.2) is 29.4 Å². The Kier molecular flexibility index (Phi) is 5.82. The summed E-state index contributed by atoms with van der Waals surface area (Å²) in [5.41, 5.74) is 4.38. The molecule has 8 heteroatoms. The number of halogens is 3. The van der Waals surface area contributed by atoms with Crippen LogP contribution in [0.3, 0.4) is 0 Å². The molecule has 0 radical (unpaired) electrons. The van der Waals surface area contributed by atoms with Gasteiger partial charge >= 0.3 is 5.97 Å². The summed E-state index contributed by atoms with van der Waals surface area (Å²) in [7, 11) is 0. The van der Waals surface area contributed by atoms with E-state index in [1.807, 2.05) is 24.3 Å². The number of aromatic carboxylic acids is 1. The second-order valence-corrected chi connectivity index (χ2v) is 5.64. The lowest BCUT2D eigenvalue weighted by atomic mass is 10.1. The fourth-order valence-corrected chi connectivity index (χ4v) is 2.43. The van der Waals surface area contributed by atoms with E-state index in [1.54, 1.807) is 6.21 Å². The van der Waals surface area contributed by atoms with Gasteiger partial charge in [-0.3, -0.25) is 5.43 Å². The van der Waals surface area contributed by atoms with E-state index in [1.165, 1.54) is 5.56 Å². The van der Waals surface area contributed by atoms with Gasteiger partial charge in [0.15, 0.2) is 10.8 Å². The van der Waals surface area contributed by atoms with Crippen molar-refractivity contribution >= 4 is 52.7 Å². The molecule has 0 amide bonds. The molecular weight excluding hydrogens is 361 g/mol. The smallest absolute Gasteiger partial charge is 0.356 e. The van der Waals surface area contributed by atoms with Gasteiger partial charge in [0, 0.05) is 0 Å². The van der Waals surface area contributed by atoms with E-state index in [-0.39, 0.29) is 20.9 Å². The van der Waals surface area contributed by atoms with Gasteiger partial charge in [0.25, 0.3) is 0 Å². The molecule has 1 aromatic carbocycles. The normalized spacial score (nSPS) is 11.0. The number of aromatic nitrogens is 1. The lowest BCUT2D eigenvalue weighted by molar-refractivity contribution is 0.0691. The molecule has 0 saturated heterocycles. The molecule has 0 saturated carbocycles. The molecule has 0 bridgehead atoms. The summed E-state index contributed by atoms with van der Waals surface area (Å²) in [4.78, 5) is 14.7. The molecule has 2 N–H and O–H groups in total. The second kappa shape index (κ2) is 7.64. The van der Waals surface area contributed by atoms with E-state index in [9.17, 15) is 4.79 Å². The predicted octanol–water partition coefficient (Wildman–Crippen LogP) is 4.75. The number of anilines is 1. The van der Waals surface area contributed by atoms with Gasteiger partial charge in [0.2, 0.25) is 0 Å². The maximum absolute atomic E-state index is 11.1. The van der Waals surface area contributed by atoms with E-state index in [4.69, 9.17) is 39.9 Å². The van der Waals surface area contributed by atoms with E-state index >= 15 is 0 Å². The number of nitrogens with one attached hydrogen (secondary N) is 1. The van der Waals surface area contributed by atoms with Crippen LogP contribution < -0.4 is 5.43 Å². The number of hydrogen-bond donors (Lipinski definition) is 2. The lowest BCUT2D eigenvalue weighted by Gasteiger charge is -2.09. The first-order chi connectivity index (χ1) is 10.9. The highest BCUT2D eigenvalue weighted by Gasteiger charge is 2.20. The molecule has 5 nitrogen and oxygen atoms in total. The van der Waals surface area contributed by atoms with E-state index in [0.29, 0.717) is 0 Å². The third kappa shape index (κ3) is 4.13. The first kappa shape index (κ1) is 17.5. The van der Waals surface area contributed by atoms with Crippen LogP contribution in [0, 0.1) is 0 Å². The molecule has 0 unspecified atom stereocenters. The topological polar surface area (TPSA) is 74.6 Å². The molecule has 0 aliphatic heterocycles. The molecule has 23 heavy (non-hydrogen) atoms. The SMILES string of the molecule is CCc1ccc(/C=N\Nc2c(Cl)c(Cl)nc(C(=O)O)c2Cl)cc1. The number of benzene rings is 1. The minimum Gasteiger partial charge on any atom is -0.476 e. The van der Waals surface area contributed by atoms with Crippen molar-refractivity contribution in [2.75, 3.05) is 5.43 Å². The Bertz CT molecular complexity index is 762. The van der Waals surface area contributed by atoms with Gasteiger partial charge in [-0.25, -0.2) is 9.78 Å². The number of nitrogens with zero attached hydrogens (tertiary/aromatic N) is 2. The highest BCUT2D eigenvalue weighted by molar-refractivity contribution is 6.46. The Morgan fingerprint density at radius 2 is 1.91 bits per heavy atom. The van der Waals surface area contributed by atoms with Crippen molar-refractivity contribution < 1.29 is 9.90 Å². The van der Waals surface area contributed by atoms with Gasteiger partial charge in [-0.05, 0) is 17.5 Å². The van der Waals surface area contributed by atoms with Gasteiger partial charge in [-0.1, -0.05) is 66.0 Å². The molecule has 2 aromatic rings. The zero-order valence-corrected chi connectivity index (χ0v) is 14.2. The number of pyridine rings is 1. The van der Waals surface area contributed by atoms with E-state index in [0.717, 1.165) is 12.0 Å². The van der Waals surface area contributed by atoms with Crippen LogP contribution in [0.1, 0.15) is 28.5 Å². The maximum Gasteiger partial charge on any atom is 0.356 e. The summed E-state index contributed by atoms with van der Waals surface area (Å²) in [6.07, 6.45) is 2.51. The van der Waals surface area contributed by atoms with Gasteiger partial charge in [-0.2, -0.15) is 5.10 Å². The highest BCUT2D eigenvalue weighted by atomic mass is 35.5. The molecule has 0 atom stereocenters. The van der Waals surface area contributed by atoms with Crippen molar-refractivity contribution in [3.63, 3.8) is 0 Å². The molecule has 0 aliphatic carbocycles. The quantitative estimate of drug-likeness (QED) is 0.451. The van der Waals surface area contributed by atoms with Crippen molar-refractivity contribution in [3.05, 3.63) is 56.3 Å².